The van der Waals surface area contributed by atoms with Crippen molar-refractivity contribution in [1.82, 2.24) is 5.32 Å². The van der Waals surface area contributed by atoms with Crippen LogP contribution in [0.5, 0.6) is 5.75 Å². The minimum absolute atomic E-state index is 0.143. The molecular formula is C16H20N2O3. The number of carbonyl (C=O) groups excluding carboxylic acids is 1. The van der Waals surface area contributed by atoms with Gasteiger partial charge in [0.15, 0.2) is 0 Å². The van der Waals surface area contributed by atoms with Gasteiger partial charge in [-0.05, 0) is 32.0 Å². The number of aliphatic hydroxyl groups is 1. The lowest BCUT2D eigenvalue weighted by atomic mass is 9.85. The number of benzene rings is 1. The van der Waals surface area contributed by atoms with Crippen LogP contribution in [-0.2, 0) is 4.79 Å². The molecule has 5 heteroatoms. The Morgan fingerprint density at radius 3 is 2.71 bits per heavy atom. The van der Waals surface area contributed by atoms with Gasteiger partial charge in [0, 0.05) is 11.5 Å². The number of nitrogens with zero attached hydrogens (tertiary/aromatic N) is 1. The third-order valence-electron chi connectivity index (χ3n) is 3.72. The maximum absolute atomic E-state index is 11.9. The molecule has 21 heavy (non-hydrogen) atoms. The minimum atomic E-state index is -0.917. The molecule has 0 bridgehead atoms. The molecule has 1 amide bonds. The molecule has 2 N–H and O–H groups in total. The highest BCUT2D eigenvalue weighted by Gasteiger charge is 2.44. The molecule has 1 aliphatic rings. The summed E-state index contributed by atoms with van der Waals surface area (Å²) in [4.78, 5) is 11.9. The first kappa shape index (κ1) is 15.3. The second-order valence-electron chi connectivity index (χ2n) is 6.16. The highest BCUT2D eigenvalue weighted by Crippen LogP contribution is 2.40. The molecule has 0 saturated carbocycles. The van der Waals surface area contributed by atoms with E-state index in [4.69, 9.17) is 10.00 Å². The fraction of sp³-hybridized carbons (Fsp3) is 0.500. The van der Waals surface area contributed by atoms with E-state index in [-0.39, 0.29) is 11.8 Å². The summed E-state index contributed by atoms with van der Waals surface area (Å²) in [6, 6.07) is 6.39. The summed E-state index contributed by atoms with van der Waals surface area (Å²) < 4.78 is 5.90. The lowest BCUT2D eigenvalue weighted by Gasteiger charge is -2.43. The molecule has 0 fully saturated rings. The van der Waals surface area contributed by atoms with Gasteiger partial charge in [-0.1, -0.05) is 13.8 Å². The van der Waals surface area contributed by atoms with E-state index < -0.39 is 17.7 Å². The first-order valence-corrected chi connectivity index (χ1v) is 6.97. The molecule has 2 atom stereocenters. The van der Waals surface area contributed by atoms with E-state index in [1.807, 2.05) is 19.9 Å². The molecule has 0 aromatic heterocycles. The van der Waals surface area contributed by atoms with Gasteiger partial charge in [0.1, 0.15) is 17.5 Å². The Labute approximate surface area is 124 Å². The van der Waals surface area contributed by atoms with Crippen molar-refractivity contribution in [1.29, 1.82) is 5.26 Å². The second kappa shape index (κ2) is 5.38. The van der Waals surface area contributed by atoms with E-state index in [2.05, 4.69) is 5.32 Å². The fourth-order valence-corrected chi connectivity index (χ4v) is 2.42. The zero-order valence-electron chi connectivity index (χ0n) is 12.7. The Morgan fingerprint density at radius 2 is 2.14 bits per heavy atom. The van der Waals surface area contributed by atoms with Crippen LogP contribution < -0.4 is 10.1 Å². The van der Waals surface area contributed by atoms with Gasteiger partial charge < -0.3 is 15.2 Å². The predicted molar refractivity (Wildman–Crippen MR) is 77.6 cm³/mol. The van der Waals surface area contributed by atoms with Gasteiger partial charge in [-0.25, -0.2) is 0 Å². The fourth-order valence-electron chi connectivity index (χ4n) is 2.42. The van der Waals surface area contributed by atoms with Crippen LogP contribution >= 0.6 is 0 Å². The van der Waals surface area contributed by atoms with Gasteiger partial charge in [0.05, 0.1) is 17.7 Å². The van der Waals surface area contributed by atoms with Crippen molar-refractivity contribution in [2.45, 2.75) is 45.4 Å². The van der Waals surface area contributed by atoms with Crippen molar-refractivity contribution < 1.29 is 14.6 Å². The van der Waals surface area contributed by atoms with Crippen LogP contribution in [0.4, 0.5) is 0 Å². The number of rotatable bonds is 2. The zero-order valence-corrected chi connectivity index (χ0v) is 12.7. The summed E-state index contributed by atoms with van der Waals surface area (Å²) in [7, 11) is 0. The van der Waals surface area contributed by atoms with E-state index in [1.54, 1.807) is 32.0 Å². The molecule has 112 valence electrons. The number of amides is 1. The van der Waals surface area contributed by atoms with Gasteiger partial charge in [-0.3, -0.25) is 4.79 Å². The first-order chi connectivity index (χ1) is 9.76. The van der Waals surface area contributed by atoms with Crippen molar-refractivity contribution >= 4 is 5.91 Å². The maximum Gasteiger partial charge on any atom is 0.223 e. The molecule has 0 aliphatic carbocycles. The van der Waals surface area contributed by atoms with Crippen LogP contribution in [0.1, 0.15) is 44.9 Å². The average Bonchev–Trinajstić information content (AvgIpc) is 2.42. The summed E-state index contributed by atoms with van der Waals surface area (Å²) in [5, 5.41) is 22.4. The Balaban J connectivity index is 2.39. The second-order valence-corrected chi connectivity index (χ2v) is 6.16. The maximum atomic E-state index is 11.9. The van der Waals surface area contributed by atoms with Gasteiger partial charge >= 0.3 is 0 Å². The molecule has 2 rings (SSSR count). The standard InChI is InChI=1S/C16H20N2O3/c1-9(2)15(20)18-14-13(19)11-7-10(8-17)5-6-12(11)21-16(14,3)4/h5-7,9,13-14,19H,1-4H3,(H,18,20)/t13-,14+/m0/s1. The monoisotopic (exact) mass is 288 g/mol. The smallest absolute Gasteiger partial charge is 0.223 e. The van der Waals surface area contributed by atoms with Crippen molar-refractivity contribution in [3.63, 3.8) is 0 Å². The number of nitrogens with one attached hydrogen (secondary N) is 1. The van der Waals surface area contributed by atoms with Crippen molar-refractivity contribution in [3.8, 4) is 11.8 Å². The van der Waals surface area contributed by atoms with Crippen LogP contribution in [0, 0.1) is 17.2 Å². The molecule has 0 spiro atoms. The van der Waals surface area contributed by atoms with Crippen molar-refractivity contribution in [2.75, 3.05) is 0 Å². The average molecular weight is 288 g/mol. The number of fused-ring (bicyclic) bond motifs is 1. The molecule has 1 aromatic rings. The Bertz CT molecular complexity index is 602. The van der Waals surface area contributed by atoms with Gasteiger partial charge in [-0.2, -0.15) is 5.26 Å². The minimum Gasteiger partial charge on any atom is -0.485 e. The zero-order chi connectivity index (χ0) is 15.8. The van der Waals surface area contributed by atoms with Crippen LogP contribution in [-0.4, -0.2) is 22.7 Å². The molecular weight excluding hydrogens is 268 g/mol. The SMILES string of the molecule is CC(C)C(=O)N[C@@H]1[C@@H](O)c2cc(C#N)ccc2OC1(C)C. The van der Waals surface area contributed by atoms with Gasteiger partial charge in [0.25, 0.3) is 0 Å². The Morgan fingerprint density at radius 1 is 1.48 bits per heavy atom. The van der Waals surface area contributed by atoms with Crippen molar-refractivity contribution in [2.24, 2.45) is 5.92 Å². The number of ether oxygens (including phenoxy) is 1. The first-order valence-electron chi connectivity index (χ1n) is 6.97. The van der Waals surface area contributed by atoms with Gasteiger partial charge in [0.2, 0.25) is 5.91 Å². The van der Waals surface area contributed by atoms with E-state index in [1.165, 1.54) is 0 Å². The number of hydrogen-bond acceptors (Lipinski definition) is 4. The van der Waals surface area contributed by atoms with E-state index >= 15 is 0 Å². The largest absolute Gasteiger partial charge is 0.485 e. The summed E-state index contributed by atoms with van der Waals surface area (Å²) in [5.74, 6) is 0.219. The van der Waals surface area contributed by atoms with E-state index in [9.17, 15) is 9.90 Å². The quantitative estimate of drug-likeness (QED) is 0.870. The van der Waals surface area contributed by atoms with Gasteiger partial charge in [-0.15, -0.1) is 0 Å². The number of aliphatic hydroxyl groups excluding tert-OH is 1. The summed E-state index contributed by atoms with van der Waals surface area (Å²) >= 11 is 0. The molecule has 1 aliphatic heterocycles. The predicted octanol–water partition coefficient (Wildman–Crippen LogP) is 1.90. The highest BCUT2D eigenvalue weighted by molar-refractivity contribution is 5.78. The van der Waals surface area contributed by atoms with E-state index in [0.717, 1.165) is 0 Å². The number of hydrogen-bond donors (Lipinski definition) is 2. The van der Waals surface area contributed by atoms with Crippen LogP contribution in [0.2, 0.25) is 0 Å². The summed E-state index contributed by atoms with van der Waals surface area (Å²) in [5.41, 5.74) is 0.234. The normalized spacial score (nSPS) is 22.9. The van der Waals surface area contributed by atoms with Crippen LogP contribution in [0.25, 0.3) is 0 Å². The number of carbonyl (C=O) groups is 1. The molecule has 1 heterocycles. The van der Waals surface area contributed by atoms with Crippen molar-refractivity contribution in [3.05, 3.63) is 29.3 Å². The molecule has 5 nitrogen and oxygen atoms in total. The highest BCUT2D eigenvalue weighted by atomic mass is 16.5. The van der Waals surface area contributed by atoms with Crippen LogP contribution in [0.3, 0.4) is 0 Å². The molecule has 0 unspecified atom stereocenters. The van der Waals surface area contributed by atoms with E-state index in [0.29, 0.717) is 16.9 Å². The molecule has 1 aromatic carbocycles. The Hall–Kier alpha value is -2.06. The molecule has 0 saturated heterocycles. The summed E-state index contributed by atoms with van der Waals surface area (Å²) in [6.07, 6.45) is -0.917. The molecule has 0 radical (unpaired) electrons. The topological polar surface area (TPSA) is 82.4 Å². The third-order valence-corrected chi connectivity index (χ3v) is 3.72. The third kappa shape index (κ3) is 2.86. The lowest BCUT2D eigenvalue weighted by Crippen LogP contribution is -2.58. The lowest BCUT2D eigenvalue weighted by molar-refractivity contribution is -0.129. The Kier molecular flexibility index (Phi) is 3.93. The summed E-state index contributed by atoms with van der Waals surface area (Å²) in [6.45, 7) is 7.23. The number of nitriles is 1. The van der Waals surface area contributed by atoms with Crippen LogP contribution in [0.15, 0.2) is 18.2 Å².